The Morgan fingerprint density at radius 1 is 1.54 bits per heavy atom. The Labute approximate surface area is 86.9 Å². The molecular formula is C8H5BrN2OS. The van der Waals surface area contributed by atoms with Crippen LogP contribution in [0.5, 0.6) is 0 Å². The summed E-state index contributed by atoms with van der Waals surface area (Å²) in [7, 11) is 0. The van der Waals surface area contributed by atoms with Gasteiger partial charge in [0.05, 0.1) is 17.5 Å². The zero-order valence-electron chi connectivity index (χ0n) is 6.45. The number of hydrogen-bond donors (Lipinski definition) is 1. The average Bonchev–Trinajstić information content (AvgIpc) is 2.71. The monoisotopic (exact) mass is 256 g/mol. The number of hydrogen-bond acceptors (Lipinski definition) is 3. The van der Waals surface area contributed by atoms with Crippen LogP contribution in [0.4, 0.5) is 0 Å². The highest BCUT2D eigenvalue weighted by Crippen LogP contribution is 2.31. The van der Waals surface area contributed by atoms with Crippen LogP contribution < -0.4 is 0 Å². The van der Waals surface area contributed by atoms with E-state index in [0.717, 1.165) is 22.0 Å². The topological polar surface area (TPSA) is 45.8 Å². The lowest BCUT2D eigenvalue weighted by molar-refractivity contribution is 0.112. The Balaban J connectivity index is 2.58. The van der Waals surface area contributed by atoms with Gasteiger partial charge in [-0.05, 0) is 15.9 Å². The molecule has 0 spiro atoms. The maximum atomic E-state index is 10.6. The molecule has 66 valence electrons. The van der Waals surface area contributed by atoms with E-state index in [1.54, 1.807) is 11.3 Å². The minimum absolute atomic E-state index is 0.583. The van der Waals surface area contributed by atoms with Gasteiger partial charge < -0.3 is 0 Å². The number of nitrogens with zero attached hydrogens (tertiary/aromatic N) is 1. The van der Waals surface area contributed by atoms with E-state index in [9.17, 15) is 4.79 Å². The van der Waals surface area contributed by atoms with Crippen molar-refractivity contribution in [2.75, 3.05) is 0 Å². The lowest BCUT2D eigenvalue weighted by Gasteiger charge is -1.94. The molecule has 0 aliphatic carbocycles. The molecule has 2 rings (SSSR count). The second kappa shape index (κ2) is 3.43. The second-order valence-electron chi connectivity index (χ2n) is 2.45. The minimum Gasteiger partial charge on any atom is -0.298 e. The van der Waals surface area contributed by atoms with Gasteiger partial charge in [0, 0.05) is 20.8 Å². The number of H-pyrrole nitrogens is 1. The summed E-state index contributed by atoms with van der Waals surface area (Å²) >= 11 is 4.97. The standard InChI is InChI=1S/C8H5BrN2OS/c9-7-4-13-3-6(7)8-5(2-12)1-10-11-8/h1-4H,(H,10,11). The molecule has 0 bridgehead atoms. The molecule has 2 aromatic rings. The summed E-state index contributed by atoms with van der Waals surface area (Å²) in [4.78, 5) is 10.6. The summed E-state index contributed by atoms with van der Waals surface area (Å²) in [5.41, 5.74) is 2.33. The third-order valence-corrected chi connectivity index (χ3v) is 3.38. The van der Waals surface area contributed by atoms with Gasteiger partial charge >= 0.3 is 0 Å². The van der Waals surface area contributed by atoms with Crippen LogP contribution in [0.3, 0.4) is 0 Å². The zero-order chi connectivity index (χ0) is 9.26. The fraction of sp³-hybridized carbons (Fsp3) is 0. The van der Waals surface area contributed by atoms with Crippen LogP contribution in [0.2, 0.25) is 0 Å². The summed E-state index contributed by atoms with van der Waals surface area (Å²) in [6.07, 6.45) is 2.31. The molecule has 1 N–H and O–H groups in total. The minimum atomic E-state index is 0.583. The fourth-order valence-corrected chi connectivity index (χ4v) is 2.54. The third kappa shape index (κ3) is 1.45. The lowest BCUT2D eigenvalue weighted by atomic mass is 10.2. The number of rotatable bonds is 2. The summed E-state index contributed by atoms with van der Waals surface area (Å²) < 4.78 is 0.977. The van der Waals surface area contributed by atoms with Crippen LogP contribution in [-0.4, -0.2) is 16.5 Å². The molecule has 0 unspecified atom stereocenters. The molecule has 0 saturated carbocycles. The van der Waals surface area contributed by atoms with E-state index in [1.807, 2.05) is 10.8 Å². The quantitative estimate of drug-likeness (QED) is 0.841. The van der Waals surface area contributed by atoms with Crippen LogP contribution in [0.15, 0.2) is 21.4 Å². The molecule has 3 nitrogen and oxygen atoms in total. The van der Waals surface area contributed by atoms with E-state index < -0.39 is 0 Å². The molecule has 0 aromatic carbocycles. The third-order valence-electron chi connectivity index (χ3n) is 1.68. The summed E-state index contributed by atoms with van der Waals surface area (Å²) in [5, 5.41) is 10.5. The van der Waals surface area contributed by atoms with Crippen molar-refractivity contribution >= 4 is 33.6 Å². The van der Waals surface area contributed by atoms with E-state index in [-0.39, 0.29) is 0 Å². The Kier molecular flexibility index (Phi) is 2.28. The van der Waals surface area contributed by atoms with Crippen molar-refractivity contribution in [3.05, 3.63) is 27.0 Å². The van der Waals surface area contributed by atoms with Crippen molar-refractivity contribution in [3.63, 3.8) is 0 Å². The first kappa shape index (κ1) is 8.65. The van der Waals surface area contributed by atoms with Crippen LogP contribution in [-0.2, 0) is 0 Å². The van der Waals surface area contributed by atoms with Gasteiger partial charge in [-0.3, -0.25) is 9.89 Å². The lowest BCUT2D eigenvalue weighted by Crippen LogP contribution is -1.81. The number of aldehydes is 1. The Hall–Kier alpha value is -0.940. The highest BCUT2D eigenvalue weighted by molar-refractivity contribution is 9.10. The van der Waals surface area contributed by atoms with E-state index in [1.165, 1.54) is 6.20 Å². The van der Waals surface area contributed by atoms with Gasteiger partial charge in [0.1, 0.15) is 0 Å². The maximum absolute atomic E-state index is 10.6. The summed E-state index contributed by atoms with van der Waals surface area (Å²) in [6, 6.07) is 0. The van der Waals surface area contributed by atoms with Crippen molar-refractivity contribution in [2.45, 2.75) is 0 Å². The van der Waals surface area contributed by atoms with Crippen LogP contribution in [0, 0.1) is 0 Å². The van der Waals surface area contributed by atoms with Crippen LogP contribution >= 0.6 is 27.3 Å². The van der Waals surface area contributed by atoms with E-state index in [2.05, 4.69) is 26.1 Å². The number of nitrogens with one attached hydrogen (secondary N) is 1. The molecule has 0 amide bonds. The van der Waals surface area contributed by atoms with Gasteiger partial charge in [-0.25, -0.2) is 0 Å². The first-order chi connectivity index (χ1) is 6.33. The SMILES string of the molecule is O=Cc1cn[nH]c1-c1cscc1Br. The van der Waals surface area contributed by atoms with Crippen molar-refractivity contribution in [1.82, 2.24) is 10.2 Å². The number of aromatic amines is 1. The van der Waals surface area contributed by atoms with Crippen LogP contribution in [0.25, 0.3) is 11.3 Å². The molecular weight excluding hydrogens is 252 g/mol. The second-order valence-corrected chi connectivity index (χ2v) is 4.05. The zero-order valence-corrected chi connectivity index (χ0v) is 8.85. The first-order valence-electron chi connectivity index (χ1n) is 3.53. The summed E-state index contributed by atoms with van der Waals surface area (Å²) in [5.74, 6) is 0. The Morgan fingerprint density at radius 3 is 3.00 bits per heavy atom. The van der Waals surface area contributed by atoms with E-state index in [4.69, 9.17) is 0 Å². The normalized spacial score (nSPS) is 10.2. The fourth-order valence-electron chi connectivity index (χ4n) is 1.06. The molecule has 5 heteroatoms. The number of thiophene rings is 1. The van der Waals surface area contributed by atoms with Gasteiger partial charge in [-0.1, -0.05) is 0 Å². The highest BCUT2D eigenvalue weighted by atomic mass is 79.9. The van der Waals surface area contributed by atoms with Gasteiger partial charge in [-0.2, -0.15) is 16.4 Å². The average molecular weight is 257 g/mol. The molecule has 0 aliphatic rings. The van der Waals surface area contributed by atoms with E-state index >= 15 is 0 Å². The first-order valence-corrected chi connectivity index (χ1v) is 5.27. The molecule has 0 saturated heterocycles. The van der Waals surface area contributed by atoms with Crippen molar-refractivity contribution < 1.29 is 4.79 Å². The molecule has 2 aromatic heterocycles. The van der Waals surface area contributed by atoms with E-state index in [0.29, 0.717) is 5.56 Å². The molecule has 2 heterocycles. The van der Waals surface area contributed by atoms with Gasteiger partial charge in [0.2, 0.25) is 0 Å². The van der Waals surface area contributed by atoms with Gasteiger partial charge in [0.25, 0.3) is 0 Å². The Morgan fingerprint density at radius 2 is 2.38 bits per heavy atom. The number of aromatic nitrogens is 2. The largest absolute Gasteiger partial charge is 0.298 e. The molecule has 0 aliphatic heterocycles. The van der Waals surface area contributed by atoms with Crippen molar-refractivity contribution in [1.29, 1.82) is 0 Å². The van der Waals surface area contributed by atoms with Crippen LogP contribution in [0.1, 0.15) is 10.4 Å². The number of carbonyl (C=O) groups is 1. The molecule has 0 atom stereocenters. The molecule has 0 fully saturated rings. The predicted octanol–water partition coefficient (Wildman–Crippen LogP) is 2.71. The van der Waals surface area contributed by atoms with Gasteiger partial charge in [0.15, 0.2) is 6.29 Å². The summed E-state index contributed by atoms with van der Waals surface area (Å²) in [6.45, 7) is 0. The number of carbonyl (C=O) groups excluding carboxylic acids is 1. The smallest absolute Gasteiger partial charge is 0.153 e. The molecule has 13 heavy (non-hydrogen) atoms. The van der Waals surface area contributed by atoms with Crippen molar-refractivity contribution in [3.8, 4) is 11.3 Å². The van der Waals surface area contributed by atoms with Crippen molar-refractivity contribution in [2.24, 2.45) is 0 Å². The van der Waals surface area contributed by atoms with Gasteiger partial charge in [-0.15, -0.1) is 0 Å². The maximum Gasteiger partial charge on any atom is 0.153 e. The highest BCUT2D eigenvalue weighted by Gasteiger charge is 2.10. The Bertz CT molecular complexity index is 435. The number of halogens is 1. The molecule has 0 radical (unpaired) electrons. The predicted molar refractivity (Wildman–Crippen MR) is 55.0 cm³/mol.